The molecule has 0 saturated carbocycles. The molecule has 0 aromatic heterocycles. The lowest BCUT2D eigenvalue weighted by molar-refractivity contribution is -0.111. The summed E-state index contributed by atoms with van der Waals surface area (Å²) in [5.41, 5.74) is 3.10. The Morgan fingerprint density at radius 1 is 0.933 bits per heavy atom. The Labute approximate surface area is 176 Å². The van der Waals surface area contributed by atoms with Crippen LogP contribution in [0.2, 0.25) is 0 Å². The molecule has 0 aliphatic heterocycles. The summed E-state index contributed by atoms with van der Waals surface area (Å²) in [5, 5.41) is 2.76. The fourth-order valence-electron chi connectivity index (χ4n) is 2.79. The molecule has 0 fully saturated rings. The minimum Gasteiger partial charge on any atom is -0.493 e. The van der Waals surface area contributed by atoms with E-state index in [1.165, 1.54) is 13.0 Å². The van der Waals surface area contributed by atoms with Crippen molar-refractivity contribution in [2.24, 2.45) is 0 Å². The number of anilines is 1. The molecule has 0 atom stereocenters. The number of nitrogens with one attached hydrogen (secondary N) is 1. The summed E-state index contributed by atoms with van der Waals surface area (Å²) in [5.74, 6) is 0.939. The number of methoxy groups -OCH3 is 1. The van der Waals surface area contributed by atoms with E-state index in [9.17, 15) is 9.59 Å². The highest BCUT2D eigenvalue weighted by Crippen LogP contribution is 2.29. The quantitative estimate of drug-likeness (QED) is 0.420. The molecule has 0 spiro atoms. The highest BCUT2D eigenvalue weighted by atomic mass is 16.5. The fourth-order valence-corrected chi connectivity index (χ4v) is 2.79. The number of hydrogen-bond acceptors (Lipinski definition) is 4. The lowest BCUT2D eigenvalue weighted by atomic mass is 10.1. The van der Waals surface area contributed by atoms with Gasteiger partial charge in [0.15, 0.2) is 17.3 Å². The van der Waals surface area contributed by atoms with Crippen LogP contribution in [0.5, 0.6) is 11.5 Å². The monoisotopic (exact) mass is 401 g/mol. The first-order chi connectivity index (χ1) is 14.5. The number of hydrogen-bond donors (Lipinski definition) is 1. The highest BCUT2D eigenvalue weighted by Gasteiger charge is 2.06. The Morgan fingerprint density at radius 3 is 2.33 bits per heavy atom. The van der Waals surface area contributed by atoms with E-state index in [2.05, 4.69) is 5.32 Å². The second kappa shape index (κ2) is 10.1. The van der Waals surface area contributed by atoms with Gasteiger partial charge in [0.1, 0.15) is 6.61 Å². The number of carbonyl (C=O) groups is 2. The van der Waals surface area contributed by atoms with Crippen LogP contribution in [-0.2, 0) is 11.4 Å². The van der Waals surface area contributed by atoms with Gasteiger partial charge in [-0.2, -0.15) is 0 Å². The third-order valence-corrected chi connectivity index (χ3v) is 4.41. The third kappa shape index (κ3) is 5.82. The van der Waals surface area contributed by atoms with Crippen molar-refractivity contribution in [3.63, 3.8) is 0 Å². The van der Waals surface area contributed by atoms with E-state index in [4.69, 9.17) is 9.47 Å². The summed E-state index contributed by atoms with van der Waals surface area (Å²) in [7, 11) is 1.58. The van der Waals surface area contributed by atoms with E-state index in [0.717, 1.165) is 11.1 Å². The Bertz CT molecular complexity index is 1040. The van der Waals surface area contributed by atoms with Crippen molar-refractivity contribution in [1.29, 1.82) is 0 Å². The van der Waals surface area contributed by atoms with Gasteiger partial charge in [0.25, 0.3) is 0 Å². The Balaban J connectivity index is 1.61. The summed E-state index contributed by atoms with van der Waals surface area (Å²) in [6.45, 7) is 1.94. The molecule has 152 valence electrons. The van der Waals surface area contributed by atoms with Gasteiger partial charge >= 0.3 is 0 Å². The zero-order chi connectivity index (χ0) is 21.3. The molecular weight excluding hydrogens is 378 g/mol. The van der Waals surface area contributed by atoms with Crippen LogP contribution in [0.4, 0.5) is 5.69 Å². The van der Waals surface area contributed by atoms with Gasteiger partial charge in [-0.25, -0.2) is 0 Å². The average molecular weight is 401 g/mol. The predicted octanol–water partition coefficient (Wildman–Crippen LogP) is 5.13. The van der Waals surface area contributed by atoms with E-state index in [1.807, 2.05) is 48.5 Å². The highest BCUT2D eigenvalue weighted by molar-refractivity contribution is 6.02. The van der Waals surface area contributed by atoms with Crippen molar-refractivity contribution in [3.8, 4) is 11.5 Å². The maximum absolute atomic E-state index is 12.2. The smallest absolute Gasteiger partial charge is 0.248 e. The van der Waals surface area contributed by atoms with Crippen LogP contribution in [0, 0.1) is 0 Å². The molecule has 0 unspecified atom stereocenters. The van der Waals surface area contributed by atoms with Crippen LogP contribution in [0.1, 0.15) is 28.4 Å². The second-order valence-corrected chi connectivity index (χ2v) is 6.64. The molecule has 5 nitrogen and oxygen atoms in total. The van der Waals surface area contributed by atoms with Crippen LogP contribution < -0.4 is 14.8 Å². The average Bonchev–Trinajstić information content (AvgIpc) is 2.77. The van der Waals surface area contributed by atoms with Gasteiger partial charge in [-0.1, -0.05) is 36.4 Å². The Hall–Kier alpha value is -3.86. The minimum atomic E-state index is -0.269. The molecule has 1 amide bonds. The van der Waals surface area contributed by atoms with Crippen molar-refractivity contribution >= 4 is 23.5 Å². The number of ether oxygens (including phenoxy) is 2. The van der Waals surface area contributed by atoms with Crippen LogP contribution in [-0.4, -0.2) is 18.8 Å². The van der Waals surface area contributed by atoms with E-state index in [0.29, 0.717) is 29.4 Å². The molecule has 1 N–H and O–H groups in total. The van der Waals surface area contributed by atoms with Crippen molar-refractivity contribution in [3.05, 3.63) is 95.6 Å². The number of amides is 1. The number of benzene rings is 3. The molecule has 0 heterocycles. The van der Waals surface area contributed by atoms with Crippen LogP contribution >= 0.6 is 0 Å². The minimum absolute atomic E-state index is 0.0158. The molecule has 0 aliphatic rings. The molecule has 3 rings (SSSR count). The summed E-state index contributed by atoms with van der Waals surface area (Å²) in [6.07, 6.45) is 3.14. The first-order valence-corrected chi connectivity index (χ1v) is 9.50. The predicted molar refractivity (Wildman–Crippen MR) is 118 cm³/mol. The van der Waals surface area contributed by atoms with Crippen molar-refractivity contribution in [1.82, 2.24) is 0 Å². The topological polar surface area (TPSA) is 64.6 Å². The van der Waals surface area contributed by atoms with E-state index in [1.54, 1.807) is 37.5 Å². The lowest BCUT2D eigenvalue weighted by Crippen LogP contribution is -2.07. The van der Waals surface area contributed by atoms with Gasteiger partial charge in [-0.15, -0.1) is 0 Å². The van der Waals surface area contributed by atoms with Gasteiger partial charge < -0.3 is 14.8 Å². The zero-order valence-electron chi connectivity index (χ0n) is 16.9. The molecule has 5 heteroatoms. The van der Waals surface area contributed by atoms with Crippen molar-refractivity contribution in [2.45, 2.75) is 13.5 Å². The Kier molecular flexibility index (Phi) is 7.00. The van der Waals surface area contributed by atoms with Crippen molar-refractivity contribution < 1.29 is 19.1 Å². The number of Topliss-reactive ketones (excluding diaryl/α,β-unsaturated/α-hetero) is 1. The summed E-state index contributed by atoms with van der Waals surface area (Å²) < 4.78 is 11.3. The first-order valence-electron chi connectivity index (χ1n) is 9.50. The van der Waals surface area contributed by atoms with Gasteiger partial charge in [0.2, 0.25) is 5.91 Å². The number of carbonyl (C=O) groups excluding carboxylic acids is 2. The molecule has 0 radical (unpaired) electrons. The molecular formula is C25H23NO4. The summed E-state index contributed by atoms with van der Waals surface area (Å²) in [4.78, 5) is 23.5. The van der Waals surface area contributed by atoms with Gasteiger partial charge in [-0.05, 0) is 60.5 Å². The summed E-state index contributed by atoms with van der Waals surface area (Å²) >= 11 is 0. The zero-order valence-corrected chi connectivity index (χ0v) is 16.9. The Morgan fingerprint density at radius 2 is 1.67 bits per heavy atom. The first kappa shape index (κ1) is 20.9. The SMILES string of the molecule is COc1cc(C=CC(=O)Nc2ccc(C(C)=O)cc2)ccc1OCc1ccccc1. The maximum Gasteiger partial charge on any atom is 0.248 e. The summed E-state index contributed by atoms with van der Waals surface area (Å²) in [6, 6.07) is 22.1. The van der Waals surface area contributed by atoms with Crippen LogP contribution in [0.15, 0.2) is 78.9 Å². The largest absolute Gasteiger partial charge is 0.493 e. The van der Waals surface area contributed by atoms with E-state index < -0.39 is 0 Å². The lowest BCUT2D eigenvalue weighted by Gasteiger charge is -2.11. The van der Waals surface area contributed by atoms with Gasteiger partial charge in [0.05, 0.1) is 7.11 Å². The molecule has 30 heavy (non-hydrogen) atoms. The van der Waals surface area contributed by atoms with E-state index in [-0.39, 0.29) is 11.7 Å². The second-order valence-electron chi connectivity index (χ2n) is 6.64. The van der Waals surface area contributed by atoms with Crippen LogP contribution in [0.3, 0.4) is 0 Å². The third-order valence-electron chi connectivity index (χ3n) is 4.41. The number of rotatable bonds is 8. The molecule has 0 saturated heterocycles. The molecule has 0 bridgehead atoms. The standard InChI is InChI=1S/C25H23NO4/c1-18(27)21-10-12-22(13-11-21)26-25(28)15-9-19-8-14-23(24(16-19)29-2)30-17-20-6-4-3-5-7-20/h3-16H,17H2,1-2H3,(H,26,28). The van der Waals surface area contributed by atoms with Crippen molar-refractivity contribution in [2.75, 3.05) is 12.4 Å². The van der Waals surface area contributed by atoms with Crippen LogP contribution in [0.25, 0.3) is 6.08 Å². The van der Waals surface area contributed by atoms with Gasteiger partial charge in [-0.3, -0.25) is 9.59 Å². The fraction of sp³-hybridized carbons (Fsp3) is 0.120. The molecule has 0 aliphatic carbocycles. The van der Waals surface area contributed by atoms with E-state index >= 15 is 0 Å². The maximum atomic E-state index is 12.2. The molecule has 3 aromatic rings. The normalized spacial score (nSPS) is 10.6. The number of ketones is 1. The molecule has 3 aromatic carbocycles. The van der Waals surface area contributed by atoms with Gasteiger partial charge in [0, 0.05) is 17.3 Å².